The first-order valence-electron chi connectivity index (χ1n) is 8.02. The fraction of sp³-hybridized carbons (Fsp3) is 0.588. The minimum absolute atomic E-state index is 0.00271. The number of amides is 2. The van der Waals surface area contributed by atoms with Crippen molar-refractivity contribution in [2.45, 2.75) is 38.1 Å². The largest absolute Gasteiger partial charge is 0.385 e. The fourth-order valence-corrected chi connectivity index (χ4v) is 3.20. The van der Waals surface area contributed by atoms with Crippen LogP contribution in [0, 0.1) is 0 Å². The van der Waals surface area contributed by atoms with Gasteiger partial charge in [-0.1, -0.05) is 42.6 Å². The maximum Gasteiger partial charge on any atom is 0.317 e. The average Bonchev–Trinajstić information content (AvgIpc) is 2.78. The van der Waals surface area contributed by atoms with Crippen LogP contribution in [0.25, 0.3) is 0 Å². The van der Waals surface area contributed by atoms with Crippen molar-refractivity contribution < 1.29 is 9.53 Å². The number of carbonyl (C=O) groups is 1. The van der Waals surface area contributed by atoms with E-state index in [9.17, 15) is 4.79 Å². The molecule has 1 aromatic carbocycles. The lowest BCUT2D eigenvalue weighted by Crippen LogP contribution is -2.42. The Balaban J connectivity index is 2.07. The van der Waals surface area contributed by atoms with Crippen molar-refractivity contribution in [1.82, 2.24) is 10.2 Å². The number of likely N-dealkylation sites (tertiary alicyclic amines) is 1. The Kier molecular flexibility index (Phi) is 7.00. The molecular weight excluding hydrogens is 300 g/mol. The molecule has 22 heavy (non-hydrogen) atoms. The topological polar surface area (TPSA) is 41.6 Å². The van der Waals surface area contributed by atoms with E-state index < -0.39 is 0 Å². The first-order chi connectivity index (χ1) is 10.7. The molecule has 5 heteroatoms. The number of nitrogens with one attached hydrogen (secondary N) is 1. The van der Waals surface area contributed by atoms with Crippen molar-refractivity contribution in [3.8, 4) is 0 Å². The SMILES string of the molecule is COCCCNC(=O)N1CCCCCC1c1ccccc1Cl. The van der Waals surface area contributed by atoms with Crippen LogP contribution >= 0.6 is 11.6 Å². The van der Waals surface area contributed by atoms with E-state index in [1.807, 2.05) is 29.2 Å². The number of methoxy groups -OCH3 is 1. The first-order valence-corrected chi connectivity index (χ1v) is 8.39. The van der Waals surface area contributed by atoms with Crippen LogP contribution in [0.4, 0.5) is 4.79 Å². The molecule has 4 nitrogen and oxygen atoms in total. The van der Waals surface area contributed by atoms with Gasteiger partial charge < -0.3 is 15.0 Å². The van der Waals surface area contributed by atoms with Gasteiger partial charge in [0.15, 0.2) is 0 Å². The van der Waals surface area contributed by atoms with E-state index >= 15 is 0 Å². The summed E-state index contributed by atoms with van der Waals surface area (Å²) in [6, 6.07) is 7.92. The molecule has 0 aliphatic carbocycles. The van der Waals surface area contributed by atoms with Gasteiger partial charge in [-0.2, -0.15) is 0 Å². The predicted molar refractivity (Wildman–Crippen MR) is 89.3 cm³/mol. The van der Waals surface area contributed by atoms with Gasteiger partial charge in [-0.25, -0.2) is 4.79 Å². The second-order valence-corrected chi connectivity index (χ2v) is 6.07. The van der Waals surface area contributed by atoms with Crippen LogP contribution in [0.1, 0.15) is 43.7 Å². The summed E-state index contributed by atoms with van der Waals surface area (Å²) >= 11 is 6.35. The summed E-state index contributed by atoms with van der Waals surface area (Å²) in [4.78, 5) is 14.5. The van der Waals surface area contributed by atoms with Crippen LogP contribution in [0.5, 0.6) is 0 Å². The van der Waals surface area contributed by atoms with E-state index in [1.54, 1.807) is 7.11 Å². The molecule has 1 aliphatic heterocycles. The molecule has 0 saturated carbocycles. The van der Waals surface area contributed by atoms with Crippen LogP contribution in [-0.4, -0.2) is 37.7 Å². The third-order valence-corrected chi connectivity index (χ3v) is 4.42. The number of benzene rings is 1. The van der Waals surface area contributed by atoms with E-state index in [1.165, 1.54) is 0 Å². The van der Waals surface area contributed by atoms with Gasteiger partial charge in [-0.3, -0.25) is 0 Å². The van der Waals surface area contributed by atoms with Crippen molar-refractivity contribution >= 4 is 17.6 Å². The molecule has 122 valence electrons. The number of halogens is 1. The highest BCUT2D eigenvalue weighted by molar-refractivity contribution is 6.31. The van der Waals surface area contributed by atoms with Gasteiger partial charge in [0.2, 0.25) is 0 Å². The molecule has 0 aromatic heterocycles. The lowest BCUT2D eigenvalue weighted by Gasteiger charge is -2.31. The zero-order valence-electron chi connectivity index (χ0n) is 13.2. The van der Waals surface area contributed by atoms with Crippen LogP contribution in [0.3, 0.4) is 0 Å². The van der Waals surface area contributed by atoms with Gasteiger partial charge in [-0.05, 0) is 30.9 Å². The Morgan fingerprint density at radius 2 is 2.18 bits per heavy atom. The van der Waals surface area contributed by atoms with Crippen molar-refractivity contribution in [2.75, 3.05) is 26.8 Å². The van der Waals surface area contributed by atoms with Gasteiger partial charge in [0.1, 0.15) is 0 Å². The lowest BCUT2D eigenvalue weighted by atomic mass is 10.0. The summed E-state index contributed by atoms with van der Waals surface area (Å²) in [5.74, 6) is 0. The molecule has 1 heterocycles. The maximum absolute atomic E-state index is 12.5. The van der Waals surface area contributed by atoms with Gasteiger partial charge in [0.05, 0.1) is 6.04 Å². The quantitative estimate of drug-likeness (QED) is 0.832. The molecule has 2 amide bonds. The van der Waals surface area contributed by atoms with E-state index in [-0.39, 0.29) is 12.1 Å². The van der Waals surface area contributed by atoms with Crippen LogP contribution in [-0.2, 0) is 4.74 Å². The van der Waals surface area contributed by atoms with E-state index in [4.69, 9.17) is 16.3 Å². The smallest absolute Gasteiger partial charge is 0.317 e. The summed E-state index contributed by atoms with van der Waals surface area (Å²) in [7, 11) is 1.67. The van der Waals surface area contributed by atoms with Crippen molar-refractivity contribution in [1.29, 1.82) is 0 Å². The molecule has 0 spiro atoms. The zero-order chi connectivity index (χ0) is 15.8. The standard InChI is InChI=1S/C17H25ClN2O2/c1-22-13-7-11-19-17(21)20-12-6-2-3-10-16(20)14-8-4-5-9-15(14)18/h4-5,8-9,16H,2-3,6-7,10-13H2,1H3,(H,19,21). The van der Waals surface area contributed by atoms with Gasteiger partial charge in [0, 0.05) is 31.8 Å². The summed E-state index contributed by atoms with van der Waals surface area (Å²) in [5.41, 5.74) is 1.05. The summed E-state index contributed by atoms with van der Waals surface area (Å²) < 4.78 is 5.01. The Bertz CT molecular complexity index is 481. The molecule has 2 rings (SSSR count). The Hall–Kier alpha value is -1.26. The van der Waals surface area contributed by atoms with Crippen LogP contribution < -0.4 is 5.32 Å². The zero-order valence-corrected chi connectivity index (χ0v) is 13.9. The Labute approximate surface area is 137 Å². The highest BCUT2D eigenvalue weighted by Gasteiger charge is 2.27. The monoisotopic (exact) mass is 324 g/mol. The number of ether oxygens (including phenoxy) is 1. The second kappa shape index (κ2) is 9.01. The van der Waals surface area contributed by atoms with Crippen molar-refractivity contribution in [3.05, 3.63) is 34.9 Å². The van der Waals surface area contributed by atoms with Crippen LogP contribution in [0.15, 0.2) is 24.3 Å². The molecule has 1 aliphatic rings. The summed E-state index contributed by atoms with van der Waals surface area (Å²) in [5, 5.41) is 3.74. The number of urea groups is 1. The van der Waals surface area contributed by atoms with Gasteiger partial charge in [0.25, 0.3) is 0 Å². The molecule has 1 fully saturated rings. The van der Waals surface area contributed by atoms with Gasteiger partial charge >= 0.3 is 6.03 Å². The molecule has 1 atom stereocenters. The average molecular weight is 325 g/mol. The third kappa shape index (κ3) is 4.62. The predicted octanol–water partition coefficient (Wildman–Crippen LogP) is 4.00. The van der Waals surface area contributed by atoms with E-state index in [0.717, 1.165) is 49.2 Å². The molecule has 0 radical (unpaired) electrons. The van der Waals surface area contributed by atoms with Crippen LogP contribution in [0.2, 0.25) is 5.02 Å². The lowest BCUT2D eigenvalue weighted by molar-refractivity contribution is 0.170. The van der Waals surface area contributed by atoms with Crippen molar-refractivity contribution in [2.24, 2.45) is 0 Å². The number of rotatable bonds is 5. The number of nitrogens with zero attached hydrogens (tertiary/aromatic N) is 1. The molecular formula is C17H25ClN2O2. The number of hydrogen-bond acceptors (Lipinski definition) is 2. The maximum atomic E-state index is 12.5. The van der Waals surface area contributed by atoms with E-state index in [2.05, 4.69) is 5.32 Å². The highest BCUT2D eigenvalue weighted by atomic mass is 35.5. The van der Waals surface area contributed by atoms with Crippen molar-refractivity contribution in [3.63, 3.8) is 0 Å². The molecule has 1 unspecified atom stereocenters. The number of carbonyl (C=O) groups excluding carboxylic acids is 1. The summed E-state index contributed by atoms with van der Waals surface area (Å²) in [6.45, 7) is 2.08. The third-order valence-electron chi connectivity index (χ3n) is 4.08. The Morgan fingerprint density at radius 1 is 1.36 bits per heavy atom. The molecule has 1 aromatic rings. The second-order valence-electron chi connectivity index (χ2n) is 5.66. The highest BCUT2D eigenvalue weighted by Crippen LogP contribution is 2.34. The first kappa shape index (κ1) is 17.1. The normalized spacial score (nSPS) is 18.8. The van der Waals surface area contributed by atoms with Gasteiger partial charge in [-0.15, -0.1) is 0 Å². The fourth-order valence-electron chi connectivity index (χ4n) is 2.93. The minimum atomic E-state index is 0.00271. The summed E-state index contributed by atoms with van der Waals surface area (Å²) in [6.07, 6.45) is 5.13. The Morgan fingerprint density at radius 3 is 2.95 bits per heavy atom. The number of hydrogen-bond donors (Lipinski definition) is 1. The molecule has 1 saturated heterocycles. The molecule has 0 bridgehead atoms. The minimum Gasteiger partial charge on any atom is -0.385 e. The molecule has 1 N–H and O–H groups in total. The van der Waals surface area contributed by atoms with E-state index in [0.29, 0.717) is 13.2 Å².